The van der Waals surface area contributed by atoms with Gasteiger partial charge in [-0.25, -0.2) is 0 Å². The Hall–Kier alpha value is 0.480. The van der Waals surface area contributed by atoms with Crippen LogP contribution in [0.4, 0.5) is 0 Å². The molecular weight excluding hydrogens is 224 g/mol. The largest absolute Gasteiger partial charge is 0.0891 e. The second-order valence-electron chi connectivity index (χ2n) is 4.48. The van der Waals surface area contributed by atoms with E-state index in [1.165, 1.54) is 57.8 Å². The Kier molecular flexibility index (Phi) is 6.10. The molecule has 1 unspecified atom stereocenters. The highest BCUT2D eigenvalue weighted by molar-refractivity contribution is 9.09. The van der Waals surface area contributed by atoms with Crippen LogP contribution in [0.3, 0.4) is 0 Å². The van der Waals surface area contributed by atoms with Gasteiger partial charge in [-0.15, -0.1) is 0 Å². The van der Waals surface area contributed by atoms with Crippen molar-refractivity contribution >= 4 is 15.9 Å². The smallest absolute Gasteiger partial charge is 0.0148 e. The third kappa shape index (κ3) is 5.05. The summed E-state index contributed by atoms with van der Waals surface area (Å²) in [6, 6.07) is 0. The van der Waals surface area contributed by atoms with Crippen LogP contribution < -0.4 is 0 Å². The summed E-state index contributed by atoms with van der Waals surface area (Å²) < 4.78 is 0. The average Bonchev–Trinajstić information content (AvgIpc) is 2.06. The minimum absolute atomic E-state index is 0.814. The van der Waals surface area contributed by atoms with Gasteiger partial charge in [0.1, 0.15) is 0 Å². The molecule has 1 aliphatic rings. The van der Waals surface area contributed by atoms with Gasteiger partial charge >= 0.3 is 0 Å². The first-order valence-corrected chi connectivity index (χ1v) is 6.88. The third-order valence-electron chi connectivity index (χ3n) is 3.18. The maximum atomic E-state index is 3.81. The fourth-order valence-electron chi connectivity index (χ4n) is 2.00. The van der Waals surface area contributed by atoms with Gasteiger partial charge in [-0.3, -0.25) is 0 Å². The molecule has 0 aliphatic heterocycles. The number of hydrogen-bond acceptors (Lipinski definition) is 0. The topological polar surface area (TPSA) is 0 Å². The Labute approximate surface area is 91.6 Å². The molecule has 13 heavy (non-hydrogen) atoms. The van der Waals surface area contributed by atoms with E-state index < -0.39 is 0 Å². The van der Waals surface area contributed by atoms with E-state index in [2.05, 4.69) is 22.9 Å². The minimum Gasteiger partial charge on any atom is -0.0891 e. The molecule has 0 aromatic rings. The highest BCUT2D eigenvalue weighted by Gasteiger charge is 2.20. The van der Waals surface area contributed by atoms with Crippen LogP contribution in [0.1, 0.15) is 64.7 Å². The van der Waals surface area contributed by atoms with Gasteiger partial charge in [0.2, 0.25) is 0 Å². The molecule has 0 amide bonds. The van der Waals surface area contributed by atoms with Crippen molar-refractivity contribution in [2.24, 2.45) is 5.92 Å². The van der Waals surface area contributed by atoms with Crippen LogP contribution in [0.15, 0.2) is 0 Å². The van der Waals surface area contributed by atoms with Gasteiger partial charge in [0.15, 0.2) is 0 Å². The summed E-state index contributed by atoms with van der Waals surface area (Å²) in [5, 5.41) is 0. The van der Waals surface area contributed by atoms with E-state index >= 15 is 0 Å². The van der Waals surface area contributed by atoms with E-state index in [-0.39, 0.29) is 0 Å². The Balaban J connectivity index is 1.87. The monoisotopic (exact) mass is 246 g/mol. The van der Waals surface area contributed by atoms with Crippen molar-refractivity contribution in [3.63, 3.8) is 0 Å². The van der Waals surface area contributed by atoms with Gasteiger partial charge < -0.3 is 0 Å². The Morgan fingerprint density at radius 1 is 1.23 bits per heavy atom. The summed E-state index contributed by atoms with van der Waals surface area (Å²) >= 11 is 3.81. The van der Waals surface area contributed by atoms with E-state index in [0.717, 1.165) is 10.7 Å². The molecule has 1 heteroatoms. The first-order chi connectivity index (χ1) is 6.33. The lowest BCUT2D eigenvalue weighted by Crippen LogP contribution is -2.15. The van der Waals surface area contributed by atoms with Crippen molar-refractivity contribution in [3.8, 4) is 0 Å². The van der Waals surface area contributed by atoms with E-state index in [1.807, 2.05) is 0 Å². The maximum absolute atomic E-state index is 3.81. The Morgan fingerprint density at radius 3 is 2.54 bits per heavy atom. The molecule has 1 aliphatic carbocycles. The molecule has 78 valence electrons. The predicted molar refractivity (Wildman–Crippen MR) is 63.4 cm³/mol. The van der Waals surface area contributed by atoms with Crippen LogP contribution >= 0.6 is 15.9 Å². The van der Waals surface area contributed by atoms with Crippen molar-refractivity contribution in [3.05, 3.63) is 0 Å². The molecule has 0 radical (unpaired) electrons. The number of rotatable bonds is 7. The van der Waals surface area contributed by atoms with Crippen LogP contribution in [-0.4, -0.2) is 4.83 Å². The normalized spacial score (nSPS) is 19.8. The van der Waals surface area contributed by atoms with Gasteiger partial charge in [-0.05, 0) is 18.8 Å². The summed E-state index contributed by atoms with van der Waals surface area (Å²) in [7, 11) is 0. The highest BCUT2D eigenvalue weighted by Crippen LogP contribution is 2.33. The average molecular weight is 247 g/mol. The van der Waals surface area contributed by atoms with E-state index in [9.17, 15) is 0 Å². The first kappa shape index (κ1) is 11.6. The summed E-state index contributed by atoms with van der Waals surface area (Å²) in [6.07, 6.45) is 13.0. The number of unbranched alkanes of at least 4 members (excludes halogenated alkanes) is 3. The van der Waals surface area contributed by atoms with Crippen molar-refractivity contribution in [1.29, 1.82) is 0 Å². The van der Waals surface area contributed by atoms with Gasteiger partial charge in [-0.2, -0.15) is 0 Å². The van der Waals surface area contributed by atoms with Crippen molar-refractivity contribution in [1.82, 2.24) is 0 Å². The zero-order valence-corrected chi connectivity index (χ0v) is 10.5. The second-order valence-corrected chi connectivity index (χ2v) is 5.77. The SMILES string of the molecule is CCCCCCC(Br)CC1CCC1. The summed E-state index contributed by atoms with van der Waals surface area (Å²) in [5.41, 5.74) is 0. The molecule has 0 aromatic carbocycles. The molecule has 0 aromatic heterocycles. The maximum Gasteiger partial charge on any atom is 0.0148 e. The van der Waals surface area contributed by atoms with Gasteiger partial charge in [-0.1, -0.05) is 67.8 Å². The first-order valence-electron chi connectivity index (χ1n) is 5.97. The lowest BCUT2D eigenvalue weighted by atomic mass is 9.81. The van der Waals surface area contributed by atoms with Crippen LogP contribution in [0, 0.1) is 5.92 Å². The summed E-state index contributed by atoms with van der Waals surface area (Å²) in [6.45, 7) is 2.28. The minimum atomic E-state index is 0.814. The predicted octanol–water partition coefficient (Wildman–Crippen LogP) is 4.91. The molecule has 1 fully saturated rings. The summed E-state index contributed by atoms with van der Waals surface area (Å²) in [4.78, 5) is 0.814. The van der Waals surface area contributed by atoms with Crippen LogP contribution in [0.25, 0.3) is 0 Å². The number of hydrogen-bond donors (Lipinski definition) is 0. The van der Waals surface area contributed by atoms with Crippen molar-refractivity contribution in [2.75, 3.05) is 0 Å². The van der Waals surface area contributed by atoms with Crippen LogP contribution in [0.5, 0.6) is 0 Å². The fourth-order valence-corrected chi connectivity index (χ4v) is 2.85. The van der Waals surface area contributed by atoms with E-state index in [1.54, 1.807) is 0 Å². The van der Waals surface area contributed by atoms with Crippen molar-refractivity contribution in [2.45, 2.75) is 69.5 Å². The number of alkyl halides is 1. The number of halogens is 1. The van der Waals surface area contributed by atoms with E-state index in [4.69, 9.17) is 0 Å². The standard InChI is InChI=1S/C12H23Br/c1-2-3-4-5-9-12(13)10-11-7-6-8-11/h11-12H,2-10H2,1H3. The zero-order chi connectivity index (χ0) is 9.52. The van der Waals surface area contributed by atoms with Gasteiger partial charge in [0.05, 0.1) is 0 Å². The third-order valence-corrected chi connectivity index (χ3v) is 4.02. The van der Waals surface area contributed by atoms with Crippen molar-refractivity contribution < 1.29 is 0 Å². The fraction of sp³-hybridized carbons (Fsp3) is 1.00. The quantitative estimate of drug-likeness (QED) is 0.443. The molecule has 0 heterocycles. The Morgan fingerprint density at radius 2 is 2.00 bits per heavy atom. The molecule has 1 rings (SSSR count). The molecule has 0 bridgehead atoms. The molecule has 0 saturated heterocycles. The molecule has 0 nitrogen and oxygen atoms in total. The summed E-state index contributed by atoms with van der Waals surface area (Å²) in [5.74, 6) is 1.07. The van der Waals surface area contributed by atoms with Crippen LogP contribution in [-0.2, 0) is 0 Å². The molecule has 0 N–H and O–H groups in total. The molecule has 0 spiro atoms. The zero-order valence-electron chi connectivity index (χ0n) is 8.90. The lowest BCUT2D eigenvalue weighted by Gasteiger charge is -2.27. The molecule has 1 atom stereocenters. The highest BCUT2D eigenvalue weighted by atomic mass is 79.9. The Bertz CT molecular complexity index is 118. The van der Waals surface area contributed by atoms with Crippen LogP contribution in [0.2, 0.25) is 0 Å². The van der Waals surface area contributed by atoms with Gasteiger partial charge in [0, 0.05) is 4.83 Å². The van der Waals surface area contributed by atoms with Gasteiger partial charge in [0.25, 0.3) is 0 Å². The molecule has 1 saturated carbocycles. The lowest BCUT2D eigenvalue weighted by molar-refractivity contribution is 0.291. The second kappa shape index (κ2) is 6.86. The molecular formula is C12H23Br. The van der Waals surface area contributed by atoms with E-state index in [0.29, 0.717) is 0 Å².